The summed E-state index contributed by atoms with van der Waals surface area (Å²) in [5, 5.41) is 29.6. The topological polar surface area (TPSA) is 238 Å². The first-order valence-corrected chi connectivity index (χ1v) is 28.0. The standard InChI is InChI=1S/C59H77NO17Si/c1-34-40(71-52(67)46(74-78(75-53(4,5)6,76-54(7,8)9)77-55(10,11)12)44(37-25-19-16-20-26-37)60-50(65)38-27-21-17-22-28-38)32-59(68)49(72-51(66)39-29-23-18-24-30-39)47-57(15,41(63)31-42-58(47,33-69-42)73-36(3)62)48(64)45(70-35(2)61)43(34)56(59,13)14/h16-30,40-42,44-47,49,63,68H,31-33H2,1-15H3,(H,60,65)/t40-,41-,42+,44-,45+,46+,47-,49-,57+,58-,59+/m0/s1. The number of esters is 4. The summed E-state index contributed by atoms with van der Waals surface area (Å²) in [6.45, 7) is 24.0. The van der Waals surface area contributed by atoms with Gasteiger partial charge in [0.15, 0.2) is 23.6 Å². The van der Waals surface area contributed by atoms with E-state index in [1.54, 1.807) is 162 Å². The summed E-state index contributed by atoms with van der Waals surface area (Å²) in [4.78, 5) is 87.9. The van der Waals surface area contributed by atoms with Crippen LogP contribution in [0.4, 0.5) is 0 Å². The van der Waals surface area contributed by atoms with Gasteiger partial charge in [-0.25, -0.2) is 9.59 Å². The molecule has 2 saturated carbocycles. The number of carbonyl (C=O) groups excluding carboxylic acids is 6. The van der Waals surface area contributed by atoms with Gasteiger partial charge in [-0.1, -0.05) is 80.6 Å². The van der Waals surface area contributed by atoms with E-state index < -0.39 is 138 Å². The molecule has 18 nitrogen and oxygen atoms in total. The van der Waals surface area contributed by atoms with Gasteiger partial charge >= 0.3 is 32.9 Å². The van der Waals surface area contributed by atoms with Gasteiger partial charge in [0.2, 0.25) is 0 Å². The van der Waals surface area contributed by atoms with Crippen molar-refractivity contribution in [1.82, 2.24) is 5.32 Å². The molecule has 1 aliphatic heterocycles. The van der Waals surface area contributed by atoms with Crippen LogP contribution in [0, 0.1) is 16.7 Å². The van der Waals surface area contributed by atoms with Crippen molar-refractivity contribution in [3.63, 3.8) is 0 Å². The fraction of sp³-hybridized carbons (Fsp3) is 0.559. The molecule has 0 unspecified atom stereocenters. The average Bonchev–Trinajstić information content (AvgIpc) is 2.88. The zero-order chi connectivity index (χ0) is 57.8. The van der Waals surface area contributed by atoms with Crippen molar-refractivity contribution in [2.45, 2.75) is 187 Å². The molecular weight excluding hydrogens is 1020 g/mol. The van der Waals surface area contributed by atoms with Crippen LogP contribution < -0.4 is 5.32 Å². The highest BCUT2D eigenvalue weighted by atomic mass is 28.4. The van der Waals surface area contributed by atoms with E-state index in [1.165, 1.54) is 19.1 Å². The first-order chi connectivity index (χ1) is 36.1. The quantitative estimate of drug-likeness (QED) is 0.0573. The lowest BCUT2D eigenvalue weighted by molar-refractivity contribution is -0.346. The molecule has 3 aliphatic carbocycles. The molecule has 1 saturated heterocycles. The van der Waals surface area contributed by atoms with Crippen molar-refractivity contribution in [1.29, 1.82) is 0 Å². The number of nitrogens with one attached hydrogen (secondary N) is 1. The molecule has 3 N–H and O–H groups in total. The molecule has 3 aromatic carbocycles. The van der Waals surface area contributed by atoms with Gasteiger partial charge in [0.1, 0.15) is 23.9 Å². The molecular formula is C59H77NO17Si. The fourth-order valence-electron chi connectivity index (χ4n) is 11.7. The number of Topliss-reactive ketones (excluding diaryl/α,β-unsaturated/α-hetero) is 1. The molecule has 1 amide bonds. The summed E-state index contributed by atoms with van der Waals surface area (Å²) in [5.74, 6) is -6.85. The summed E-state index contributed by atoms with van der Waals surface area (Å²) in [5.41, 5.74) is -10.4. The molecule has 0 spiro atoms. The third-order valence-electron chi connectivity index (χ3n) is 15.0. The minimum absolute atomic E-state index is 0.0169. The number of ketones is 1. The number of hydrogen-bond donors (Lipinski definition) is 3. The second kappa shape index (κ2) is 21.8. The highest BCUT2D eigenvalue weighted by Gasteiger charge is 2.78. The van der Waals surface area contributed by atoms with Crippen LogP contribution in [0.3, 0.4) is 0 Å². The predicted molar refractivity (Wildman–Crippen MR) is 285 cm³/mol. The zero-order valence-corrected chi connectivity index (χ0v) is 48.4. The molecule has 0 aromatic heterocycles. The van der Waals surface area contributed by atoms with Crippen LogP contribution in [0.1, 0.15) is 149 Å². The van der Waals surface area contributed by atoms with E-state index in [4.69, 9.17) is 41.4 Å². The molecule has 11 atom stereocenters. The average molecular weight is 1100 g/mol. The molecule has 3 aromatic rings. The van der Waals surface area contributed by atoms with Crippen molar-refractivity contribution >= 4 is 44.6 Å². The Hall–Kier alpha value is -5.64. The van der Waals surface area contributed by atoms with Gasteiger partial charge in [-0.05, 0) is 117 Å². The Morgan fingerprint density at radius 2 is 1.24 bits per heavy atom. The van der Waals surface area contributed by atoms with Crippen LogP contribution in [0.5, 0.6) is 0 Å². The number of ether oxygens (including phenoxy) is 5. The molecule has 7 rings (SSSR count). The minimum Gasteiger partial charge on any atom is -0.456 e. The Labute approximate surface area is 458 Å². The lowest BCUT2D eigenvalue weighted by Gasteiger charge is -2.67. The van der Waals surface area contributed by atoms with Crippen molar-refractivity contribution < 1.29 is 80.4 Å². The van der Waals surface area contributed by atoms with Crippen molar-refractivity contribution in [2.24, 2.45) is 16.7 Å². The normalized spacial score (nSPS) is 28.7. The van der Waals surface area contributed by atoms with Gasteiger partial charge in [-0.2, -0.15) is 0 Å². The Bertz CT molecular complexity index is 2730. The van der Waals surface area contributed by atoms with Crippen molar-refractivity contribution in [2.75, 3.05) is 6.61 Å². The van der Waals surface area contributed by atoms with Crippen LogP contribution in [0.2, 0.25) is 0 Å². The van der Waals surface area contributed by atoms with Crippen LogP contribution in [-0.4, -0.2) is 126 Å². The lowest BCUT2D eigenvalue weighted by atomic mass is 9.44. The second-order valence-corrected chi connectivity index (χ2v) is 26.4. The summed E-state index contributed by atoms with van der Waals surface area (Å²) >= 11 is 0. The molecule has 4 aliphatic rings. The van der Waals surface area contributed by atoms with Gasteiger partial charge in [0.25, 0.3) is 5.91 Å². The number of carbonyl (C=O) groups is 6. The summed E-state index contributed by atoms with van der Waals surface area (Å²) < 4.78 is 58.9. The van der Waals surface area contributed by atoms with Crippen molar-refractivity contribution in [3.8, 4) is 0 Å². The highest BCUT2D eigenvalue weighted by molar-refractivity contribution is 6.54. The van der Waals surface area contributed by atoms with Gasteiger partial charge in [0, 0.05) is 37.7 Å². The Morgan fingerprint density at radius 3 is 1.72 bits per heavy atom. The molecule has 19 heteroatoms. The van der Waals surface area contributed by atoms with E-state index in [1.807, 2.05) is 0 Å². The summed E-state index contributed by atoms with van der Waals surface area (Å²) in [6, 6.07) is 23.4. The first-order valence-electron chi connectivity index (χ1n) is 26.4. The minimum atomic E-state index is -4.73. The second-order valence-electron chi connectivity index (χ2n) is 24.6. The van der Waals surface area contributed by atoms with Crippen LogP contribution in [-0.2, 0) is 60.6 Å². The van der Waals surface area contributed by atoms with Gasteiger partial charge < -0.3 is 56.9 Å². The van der Waals surface area contributed by atoms with E-state index in [0.29, 0.717) is 5.56 Å². The number of amides is 1. The number of fused-ring (bicyclic) bond motifs is 5. The Morgan fingerprint density at radius 1 is 0.731 bits per heavy atom. The number of rotatable bonds is 15. The maximum Gasteiger partial charge on any atom is 0.681 e. The monoisotopic (exact) mass is 1100 g/mol. The maximum atomic E-state index is 16.1. The first kappa shape index (κ1) is 60.0. The zero-order valence-electron chi connectivity index (χ0n) is 47.4. The SMILES string of the molecule is CC(=O)O[C@H]1C(=O)[C@@]2(C)[C@H]([C@H](OC(=O)c3ccccc3)[C@]3(O)C[C@H](OC(=O)[C@H](O[Si](OC(C)(C)C)(OC(C)(C)C)OC(C)(C)C)[C@@H](NC(=O)c4ccccc4)c4ccccc4)C(C)=C1C3(C)C)[C@]1(OC(C)=O)CO[C@@H]1C[C@@H]2O. The highest BCUT2D eigenvalue weighted by Crippen LogP contribution is 2.64. The Balaban J connectivity index is 1.49. The van der Waals surface area contributed by atoms with Gasteiger partial charge in [-0.3, -0.25) is 19.2 Å². The van der Waals surface area contributed by atoms with Crippen molar-refractivity contribution in [3.05, 3.63) is 119 Å². The van der Waals surface area contributed by atoms with E-state index in [2.05, 4.69) is 5.32 Å². The number of aliphatic hydroxyl groups excluding tert-OH is 1. The van der Waals surface area contributed by atoms with E-state index >= 15 is 9.59 Å². The Kier molecular flexibility index (Phi) is 16.8. The molecule has 424 valence electrons. The van der Waals surface area contributed by atoms with Gasteiger partial charge in [-0.15, -0.1) is 0 Å². The fourth-order valence-corrected chi connectivity index (χ4v) is 14.8. The smallest absolute Gasteiger partial charge is 0.456 e. The maximum absolute atomic E-state index is 16.1. The third-order valence-corrected chi connectivity index (χ3v) is 18.2. The summed E-state index contributed by atoms with van der Waals surface area (Å²) in [7, 11) is -4.73. The molecule has 1 heterocycles. The predicted octanol–water partition coefficient (Wildman–Crippen LogP) is 7.64. The lowest BCUT2D eigenvalue weighted by Crippen LogP contribution is -2.82. The van der Waals surface area contributed by atoms with E-state index in [9.17, 15) is 29.4 Å². The number of aliphatic hydroxyl groups is 2. The van der Waals surface area contributed by atoms with Crippen LogP contribution in [0.15, 0.2) is 102 Å². The largest absolute Gasteiger partial charge is 0.681 e. The molecule has 3 fully saturated rings. The molecule has 2 bridgehead atoms. The summed E-state index contributed by atoms with van der Waals surface area (Å²) in [6.07, 6.45) is -10.7. The van der Waals surface area contributed by atoms with Gasteiger partial charge in [0.05, 0.1) is 52.5 Å². The van der Waals surface area contributed by atoms with E-state index in [-0.39, 0.29) is 35.3 Å². The number of hydrogen-bond acceptors (Lipinski definition) is 17. The van der Waals surface area contributed by atoms with Crippen LogP contribution >= 0.6 is 0 Å². The van der Waals surface area contributed by atoms with E-state index in [0.717, 1.165) is 13.8 Å². The molecule has 78 heavy (non-hydrogen) atoms. The third kappa shape index (κ3) is 11.9. The van der Waals surface area contributed by atoms with Crippen LogP contribution in [0.25, 0.3) is 0 Å². The molecule has 0 radical (unpaired) electrons. The number of benzene rings is 3.